The molecule has 0 amide bonds. The highest BCUT2D eigenvalue weighted by Crippen LogP contribution is 2.43. The van der Waals surface area contributed by atoms with Crippen LogP contribution in [0.15, 0.2) is 24.3 Å². The number of ketones is 1. The molecule has 55 heavy (non-hydrogen) atoms. The molecule has 1 fully saturated rings. The number of ether oxygens (including phenoxy) is 2. The number of carbonyl (C=O) groups excluding carboxylic acids is 3. The predicted molar refractivity (Wildman–Crippen MR) is 211 cm³/mol. The fraction of sp³-hybridized carbons (Fsp3) is 0.829. The van der Waals surface area contributed by atoms with Crippen LogP contribution in [0.2, 0.25) is 0 Å². The number of carbonyl (C=O) groups is 3. The van der Waals surface area contributed by atoms with Crippen molar-refractivity contribution in [1.29, 1.82) is 0 Å². The predicted octanol–water partition coefficient (Wildman–Crippen LogP) is 7.06. The average Bonchev–Trinajstić information content (AvgIpc) is 3.41. The SMILES string of the molecule is CCCCC[C@H](O)/C=C/[C@H]1[C@H](O)CC(=O)[C@@H]1C/C=C\CCCC(=O)O[C@H](COC(=O)CCCCCCCCCCCC(C)C)COP(=O)(O)OC[C@@H](O)CO. The van der Waals surface area contributed by atoms with Crippen molar-refractivity contribution in [2.24, 2.45) is 17.8 Å². The quantitative estimate of drug-likeness (QED) is 0.0192. The largest absolute Gasteiger partial charge is 0.472 e. The molecule has 0 saturated heterocycles. The lowest BCUT2D eigenvalue weighted by Crippen LogP contribution is -2.29. The van der Waals surface area contributed by atoms with E-state index in [-0.39, 0.29) is 31.0 Å². The molecule has 13 nitrogen and oxygen atoms in total. The maximum absolute atomic E-state index is 12.7. The van der Waals surface area contributed by atoms with E-state index in [9.17, 15) is 39.2 Å². The van der Waals surface area contributed by atoms with Crippen LogP contribution in [-0.4, -0.2) is 93.9 Å². The number of unbranched alkanes of at least 4 members (excludes halogenated alkanes) is 11. The van der Waals surface area contributed by atoms with Crippen molar-refractivity contribution in [2.45, 2.75) is 174 Å². The number of phosphoric ester groups is 1. The molecule has 0 heterocycles. The first-order chi connectivity index (χ1) is 26.3. The van der Waals surface area contributed by atoms with E-state index >= 15 is 0 Å². The monoisotopic (exact) mass is 804 g/mol. The van der Waals surface area contributed by atoms with Crippen LogP contribution in [0.5, 0.6) is 0 Å². The molecule has 0 bridgehead atoms. The Balaban J connectivity index is 2.53. The van der Waals surface area contributed by atoms with Gasteiger partial charge >= 0.3 is 19.8 Å². The minimum atomic E-state index is -4.69. The number of phosphoric acid groups is 1. The van der Waals surface area contributed by atoms with E-state index in [0.717, 1.165) is 44.4 Å². The van der Waals surface area contributed by atoms with Gasteiger partial charge < -0.3 is 34.8 Å². The molecule has 14 heteroatoms. The topological polar surface area (TPSA) is 206 Å². The molecular weight excluding hydrogens is 731 g/mol. The molecule has 320 valence electrons. The smallest absolute Gasteiger partial charge is 0.462 e. The Kier molecular flexibility index (Phi) is 28.9. The molecule has 7 atom stereocenters. The van der Waals surface area contributed by atoms with Gasteiger partial charge in [0.25, 0.3) is 0 Å². The van der Waals surface area contributed by atoms with Crippen molar-refractivity contribution in [3.63, 3.8) is 0 Å². The van der Waals surface area contributed by atoms with Crippen LogP contribution in [-0.2, 0) is 37.5 Å². The Morgan fingerprint density at radius 1 is 0.836 bits per heavy atom. The van der Waals surface area contributed by atoms with Crippen molar-refractivity contribution < 1.29 is 62.8 Å². The summed E-state index contributed by atoms with van der Waals surface area (Å²) in [6.07, 6.45) is 19.6. The van der Waals surface area contributed by atoms with E-state index in [1.54, 1.807) is 12.2 Å². The number of hydrogen-bond donors (Lipinski definition) is 5. The highest BCUT2D eigenvalue weighted by atomic mass is 31.2. The minimum absolute atomic E-state index is 0.00886. The maximum Gasteiger partial charge on any atom is 0.472 e. The second-order valence-corrected chi connectivity index (χ2v) is 16.7. The van der Waals surface area contributed by atoms with Gasteiger partial charge in [0.1, 0.15) is 18.5 Å². The number of hydrogen-bond acceptors (Lipinski definition) is 12. The summed E-state index contributed by atoms with van der Waals surface area (Å²) < 4.78 is 32.6. The maximum atomic E-state index is 12.7. The van der Waals surface area contributed by atoms with Gasteiger partial charge in [0.15, 0.2) is 6.10 Å². The number of aliphatic hydroxyl groups excluding tert-OH is 4. The van der Waals surface area contributed by atoms with E-state index < -0.39 is 76.5 Å². The summed E-state index contributed by atoms with van der Waals surface area (Å²) >= 11 is 0. The van der Waals surface area contributed by atoms with Gasteiger partial charge in [0.05, 0.1) is 32.0 Å². The van der Waals surface area contributed by atoms with Gasteiger partial charge in [-0.25, -0.2) is 4.57 Å². The third kappa shape index (κ3) is 26.6. The molecule has 1 aliphatic rings. The normalized spacial score (nSPS) is 20.3. The summed E-state index contributed by atoms with van der Waals surface area (Å²) in [5.74, 6) is -1.16. The molecule has 0 aliphatic heterocycles. The zero-order valence-electron chi connectivity index (χ0n) is 33.8. The van der Waals surface area contributed by atoms with Crippen LogP contribution in [0.3, 0.4) is 0 Å². The molecule has 0 aromatic carbocycles. The lowest BCUT2D eigenvalue weighted by Gasteiger charge is -2.20. The first kappa shape index (κ1) is 51.1. The second-order valence-electron chi connectivity index (χ2n) is 15.3. The van der Waals surface area contributed by atoms with Crippen molar-refractivity contribution in [2.75, 3.05) is 26.4 Å². The summed E-state index contributed by atoms with van der Waals surface area (Å²) in [4.78, 5) is 47.6. The Labute approximate surface area is 329 Å². The van der Waals surface area contributed by atoms with Gasteiger partial charge in [-0.2, -0.15) is 0 Å². The fourth-order valence-electron chi connectivity index (χ4n) is 6.33. The third-order valence-electron chi connectivity index (χ3n) is 9.66. The lowest BCUT2D eigenvalue weighted by molar-refractivity contribution is -0.161. The number of rotatable bonds is 34. The molecular formula is C41H73O13P. The van der Waals surface area contributed by atoms with Crippen LogP contribution in [0.25, 0.3) is 0 Å². The summed E-state index contributed by atoms with van der Waals surface area (Å²) in [6.45, 7) is 4.23. The third-order valence-corrected chi connectivity index (χ3v) is 10.6. The van der Waals surface area contributed by atoms with E-state index in [1.165, 1.54) is 38.5 Å². The van der Waals surface area contributed by atoms with Gasteiger partial charge in [0.2, 0.25) is 0 Å². The fourth-order valence-corrected chi connectivity index (χ4v) is 7.12. The minimum Gasteiger partial charge on any atom is -0.462 e. The molecule has 0 spiro atoms. The van der Waals surface area contributed by atoms with Crippen LogP contribution in [0.4, 0.5) is 0 Å². The molecule has 1 rings (SSSR count). The van der Waals surface area contributed by atoms with Crippen molar-refractivity contribution in [3.05, 3.63) is 24.3 Å². The summed E-state index contributed by atoms with van der Waals surface area (Å²) in [6, 6.07) is 0. The molecule has 1 saturated carbocycles. The van der Waals surface area contributed by atoms with Crippen molar-refractivity contribution >= 4 is 25.5 Å². The van der Waals surface area contributed by atoms with Crippen LogP contribution < -0.4 is 0 Å². The van der Waals surface area contributed by atoms with Crippen LogP contribution in [0, 0.1) is 17.8 Å². The van der Waals surface area contributed by atoms with E-state index in [0.29, 0.717) is 32.1 Å². The molecule has 5 N–H and O–H groups in total. The van der Waals surface area contributed by atoms with Crippen LogP contribution in [0.1, 0.15) is 149 Å². The molecule has 0 radical (unpaired) electrons. The van der Waals surface area contributed by atoms with Gasteiger partial charge in [0, 0.05) is 31.1 Å². The van der Waals surface area contributed by atoms with E-state index in [4.69, 9.17) is 19.1 Å². The summed E-state index contributed by atoms with van der Waals surface area (Å²) in [5, 5.41) is 39.0. The Morgan fingerprint density at radius 3 is 2.11 bits per heavy atom. The molecule has 0 aromatic rings. The number of esters is 2. The Morgan fingerprint density at radius 2 is 1.45 bits per heavy atom. The number of aliphatic hydroxyl groups is 4. The summed E-state index contributed by atoms with van der Waals surface area (Å²) in [5.41, 5.74) is 0. The molecule has 1 aliphatic carbocycles. The Hall–Kier alpha value is -1.96. The first-order valence-corrected chi connectivity index (χ1v) is 22.2. The Bertz CT molecular complexity index is 1140. The number of Topliss-reactive ketones (excluding diaryl/α,β-unsaturated/α-hetero) is 1. The zero-order valence-corrected chi connectivity index (χ0v) is 34.7. The summed E-state index contributed by atoms with van der Waals surface area (Å²) in [7, 11) is -4.69. The highest BCUT2D eigenvalue weighted by Gasteiger charge is 2.39. The highest BCUT2D eigenvalue weighted by molar-refractivity contribution is 7.47. The van der Waals surface area contributed by atoms with E-state index in [1.807, 2.05) is 12.2 Å². The molecule has 1 unspecified atom stereocenters. The van der Waals surface area contributed by atoms with Gasteiger partial charge in [-0.3, -0.25) is 23.4 Å². The standard InChI is InChI=1S/C41H73O13P/c1-4-5-15-21-33(43)25-26-37-36(38(45)27-39(37)46)22-17-13-14-19-24-41(48)54-35(31-53-55(49,50)52-29-34(44)28-42)30-51-40(47)23-18-12-10-8-6-7-9-11-16-20-32(2)3/h13,17,25-26,32-37,39,42-44,46H,4-12,14-16,18-24,27-31H2,1-3H3,(H,49,50)/b17-13-,26-25+/t33-,34-,35+,36+,37+,39+/m0/s1. The average molecular weight is 805 g/mol. The van der Waals surface area contributed by atoms with Crippen molar-refractivity contribution in [3.8, 4) is 0 Å². The molecule has 0 aromatic heterocycles. The van der Waals surface area contributed by atoms with E-state index in [2.05, 4.69) is 25.3 Å². The number of allylic oxidation sites excluding steroid dienone is 2. The second kappa shape index (κ2) is 31.1. The van der Waals surface area contributed by atoms with Gasteiger partial charge in [-0.1, -0.05) is 122 Å². The van der Waals surface area contributed by atoms with Gasteiger partial charge in [-0.15, -0.1) is 0 Å². The zero-order chi connectivity index (χ0) is 40.9. The van der Waals surface area contributed by atoms with Crippen molar-refractivity contribution in [1.82, 2.24) is 0 Å². The first-order valence-electron chi connectivity index (χ1n) is 20.8. The van der Waals surface area contributed by atoms with Gasteiger partial charge in [-0.05, 0) is 38.0 Å². The lowest BCUT2D eigenvalue weighted by atomic mass is 9.90. The van der Waals surface area contributed by atoms with Crippen LogP contribution >= 0.6 is 7.82 Å².